The summed E-state index contributed by atoms with van der Waals surface area (Å²) in [6, 6.07) is 8.39. The highest BCUT2D eigenvalue weighted by Crippen LogP contribution is 2.20. The van der Waals surface area contributed by atoms with E-state index in [1.54, 1.807) is 6.20 Å². The Hall–Kier alpha value is -2.21. The lowest BCUT2D eigenvalue weighted by Gasteiger charge is -2.34. The Kier molecular flexibility index (Phi) is 5.25. The fourth-order valence-corrected chi connectivity index (χ4v) is 2.87. The topological polar surface area (TPSA) is 57.2 Å². The summed E-state index contributed by atoms with van der Waals surface area (Å²) in [5, 5.41) is 11.5. The van der Waals surface area contributed by atoms with Crippen molar-refractivity contribution in [2.75, 3.05) is 42.9 Å². The SMILES string of the molecule is CCN1CCN(c2cnnc(Nc3ccc(C(C)C)cc3)n2)CC1. The molecule has 1 N–H and O–H groups in total. The van der Waals surface area contributed by atoms with E-state index in [1.807, 2.05) is 0 Å². The Morgan fingerprint density at radius 1 is 1.08 bits per heavy atom. The highest BCUT2D eigenvalue weighted by molar-refractivity contribution is 5.55. The van der Waals surface area contributed by atoms with Gasteiger partial charge < -0.3 is 15.1 Å². The van der Waals surface area contributed by atoms with Crippen LogP contribution in [0.4, 0.5) is 17.5 Å². The summed E-state index contributed by atoms with van der Waals surface area (Å²) >= 11 is 0. The van der Waals surface area contributed by atoms with Crippen molar-refractivity contribution >= 4 is 17.5 Å². The second kappa shape index (κ2) is 7.57. The molecule has 1 aromatic heterocycles. The molecule has 1 aliphatic heterocycles. The predicted octanol–water partition coefficient (Wildman–Crippen LogP) is 2.88. The Bertz CT molecular complexity index is 647. The fourth-order valence-electron chi connectivity index (χ4n) is 2.87. The molecular weight excluding hydrogens is 300 g/mol. The third-order valence-corrected chi connectivity index (χ3v) is 4.52. The van der Waals surface area contributed by atoms with Gasteiger partial charge in [0.05, 0.1) is 6.20 Å². The lowest BCUT2D eigenvalue weighted by atomic mass is 10.0. The first-order chi connectivity index (χ1) is 11.7. The Morgan fingerprint density at radius 2 is 1.79 bits per heavy atom. The van der Waals surface area contributed by atoms with Crippen LogP contribution in [0.3, 0.4) is 0 Å². The summed E-state index contributed by atoms with van der Waals surface area (Å²) in [4.78, 5) is 9.34. The van der Waals surface area contributed by atoms with E-state index in [1.165, 1.54) is 5.56 Å². The van der Waals surface area contributed by atoms with Crippen molar-refractivity contribution in [1.29, 1.82) is 0 Å². The van der Waals surface area contributed by atoms with Crippen molar-refractivity contribution in [3.63, 3.8) is 0 Å². The third kappa shape index (κ3) is 4.00. The lowest BCUT2D eigenvalue weighted by molar-refractivity contribution is 0.270. The molecule has 0 aliphatic carbocycles. The monoisotopic (exact) mass is 326 g/mol. The molecule has 0 radical (unpaired) electrons. The van der Waals surface area contributed by atoms with E-state index in [9.17, 15) is 0 Å². The first kappa shape index (κ1) is 16.6. The van der Waals surface area contributed by atoms with Crippen molar-refractivity contribution in [3.8, 4) is 0 Å². The first-order valence-corrected chi connectivity index (χ1v) is 8.69. The second-order valence-electron chi connectivity index (χ2n) is 6.46. The van der Waals surface area contributed by atoms with Gasteiger partial charge in [-0.3, -0.25) is 0 Å². The molecule has 6 nitrogen and oxygen atoms in total. The van der Waals surface area contributed by atoms with E-state index >= 15 is 0 Å². The number of likely N-dealkylation sites (N-methyl/N-ethyl adjacent to an activating group) is 1. The van der Waals surface area contributed by atoms with Crippen molar-refractivity contribution in [1.82, 2.24) is 20.1 Å². The molecule has 3 rings (SSSR count). The average Bonchev–Trinajstić information content (AvgIpc) is 2.62. The van der Waals surface area contributed by atoms with Gasteiger partial charge in [-0.05, 0) is 30.2 Å². The molecule has 6 heteroatoms. The maximum Gasteiger partial charge on any atom is 0.249 e. The van der Waals surface area contributed by atoms with Crippen LogP contribution in [0.5, 0.6) is 0 Å². The Morgan fingerprint density at radius 3 is 2.42 bits per heavy atom. The third-order valence-electron chi connectivity index (χ3n) is 4.52. The number of nitrogens with one attached hydrogen (secondary N) is 1. The van der Waals surface area contributed by atoms with Gasteiger partial charge in [-0.15, -0.1) is 5.10 Å². The van der Waals surface area contributed by atoms with Gasteiger partial charge in [0.2, 0.25) is 5.95 Å². The Balaban J connectivity index is 1.67. The summed E-state index contributed by atoms with van der Waals surface area (Å²) in [5.74, 6) is 1.96. The number of hydrogen-bond donors (Lipinski definition) is 1. The zero-order chi connectivity index (χ0) is 16.9. The molecule has 0 atom stereocenters. The summed E-state index contributed by atoms with van der Waals surface area (Å²) in [6.45, 7) is 11.8. The number of aromatic nitrogens is 3. The molecule has 24 heavy (non-hydrogen) atoms. The van der Waals surface area contributed by atoms with E-state index in [0.29, 0.717) is 11.9 Å². The first-order valence-electron chi connectivity index (χ1n) is 8.69. The highest BCUT2D eigenvalue weighted by Gasteiger charge is 2.17. The molecule has 2 aromatic rings. The molecule has 1 aliphatic rings. The molecule has 0 bridgehead atoms. The van der Waals surface area contributed by atoms with E-state index in [0.717, 1.165) is 44.2 Å². The van der Waals surface area contributed by atoms with Gasteiger partial charge in [0, 0.05) is 31.9 Å². The fraction of sp³-hybridized carbons (Fsp3) is 0.500. The molecule has 128 valence electrons. The van der Waals surface area contributed by atoms with Gasteiger partial charge in [-0.1, -0.05) is 32.9 Å². The van der Waals surface area contributed by atoms with Crippen LogP contribution in [0.25, 0.3) is 0 Å². The second-order valence-corrected chi connectivity index (χ2v) is 6.46. The minimum absolute atomic E-state index is 0.530. The Labute approximate surface area is 143 Å². The van der Waals surface area contributed by atoms with Crippen LogP contribution in [0, 0.1) is 0 Å². The van der Waals surface area contributed by atoms with Crippen LogP contribution in [-0.2, 0) is 0 Å². The van der Waals surface area contributed by atoms with Crippen molar-refractivity contribution in [2.24, 2.45) is 0 Å². The van der Waals surface area contributed by atoms with Crippen LogP contribution in [0.2, 0.25) is 0 Å². The van der Waals surface area contributed by atoms with E-state index < -0.39 is 0 Å². The normalized spacial score (nSPS) is 15.8. The van der Waals surface area contributed by atoms with E-state index in [2.05, 4.69) is 75.3 Å². The highest BCUT2D eigenvalue weighted by atomic mass is 15.3. The number of rotatable bonds is 5. The van der Waals surface area contributed by atoms with Gasteiger partial charge in [-0.25, -0.2) is 0 Å². The van der Waals surface area contributed by atoms with Crippen LogP contribution in [-0.4, -0.2) is 52.8 Å². The molecule has 2 heterocycles. The average molecular weight is 326 g/mol. The number of anilines is 3. The minimum Gasteiger partial charge on any atom is -0.353 e. The van der Waals surface area contributed by atoms with Crippen LogP contribution < -0.4 is 10.2 Å². The van der Waals surface area contributed by atoms with Crippen molar-refractivity contribution in [2.45, 2.75) is 26.7 Å². The molecule has 1 aromatic carbocycles. The number of piperazine rings is 1. The minimum atomic E-state index is 0.530. The van der Waals surface area contributed by atoms with Gasteiger partial charge in [0.1, 0.15) is 0 Å². The number of nitrogens with zero attached hydrogens (tertiary/aromatic N) is 5. The summed E-state index contributed by atoms with van der Waals surface area (Å²) in [7, 11) is 0. The molecule has 0 amide bonds. The molecule has 0 unspecified atom stereocenters. The summed E-state index contributed by atoms with van der Waals surface area (Å²) in [6.07, 6.45) is 1.74. The van der Waals surface area contributed by atoms with Crippen molar-refractivity contribution < 1.29 is 0 Å². The van der Waals surface area contributed by atoms with Gasteiger partial charge in [0.15, 0.2) is 5.82 Å². The molecule has 0 spiro atoms. The van der Waals surface area contributed by atoms with Crippen molar-refractivity contribution in [3.05, 3.63) is 36.0 Å². The maximum atomic E-state index is 4.62. The number of hydrogen-bond acceptors (Lipinski definition) is 6. The lowest BCUT2D eigenvalue weighted by Crippen LogP contribution is -2.46. The summed E-state index contributed by atoms with van der Waals surface area (Å²) in [5.41, 5.74) is 2.30. The molecule has 0 saturated carbocycles. The maximum absolute atomic E-state index is 4.62. The summed E-state index contributed by atoms with van der Waals surface area (Å²) < 4.78 is 0. The molecular formula is C18H26N6. The van der Waals surface area contributed by atoms with E-state index in [-0.39, 0.29) is 0 Å². The van der Waals surface area contributed by atoms with Gasteiger partial charge in [-0.2, -0.15) is 10.1 Å². The number of benzene rings is 1. The van der Waals surface area contributed by atoms with E-state index in [4.69, 9.17) is 0 Å². The standard InChI is InChI=1S/C18H26N6/c1-4-23-9-11-24(12-10-23)17-13-19-22-18(21-17)20-16-7-5-15(6-8-16)14(2)3/h5-8,13-14H,4,9-12H2,1-3H3,(H,20,21,22). The van der Waals surface area contributed by atoms with Crippen LogP contribution in [0.15, 0.2) is 30.5 Å². The molecule has 1 saturated heterocycles. The quantitative estimate of drug-likeness (QED) is 0.912. The zero-order valence-corrected chi connectivity index (χ0v) is 14.7. The van der Waals surface area contributed by atoms with Crippen LogP contribution >= 0.6 is 0 Å². The predicted molar refractivity (Wildman–Crippen MR) is 98.0 cm³/mol. The molecule has 1 fully saturated rings. The smallest absolute Gasteiger partial charge is 0.249 e. The largest absolute Gasteiger partial charge is 0.353 e. The zero-order valence-electron chi connectivity index (χ0n) is 14.7. The van der Waals surface area contributed by atoms with Gasteiger partial charge >= 0.3 is 0 Å². The van der Waals surface area contributed by atoms with Crippen LogP contribution in [0.1, 0.15) is 32.3 Å². The van der Waals surface area contributed by atoms with Gasteiger partial charge in [0.25, 0.3) is 0 Å².